The zero-order valence-corrected chi connectivity index (χ0v) is 16.0. The van der Waals surface area contributed by atoms with Crippen LogP contribution >= 0.6 is 0 Å². The molecular weight excluding hydrogens is 363 g/mol. The lowest BCUT2D eigenvalue weighted by Gasteiger charge is -2.27. The number of halogens is 1. The number of H-pyrrole nitrogens is 1. The average molecular weight is 388 g/mol. The van der Waals surface area contributed by atoms with Gasteiger partial charge in [0.25, 0.3) is 5.56 Å². The Hall–Kier alpha value is -2.74. The Labute approximate surface area is 162 Å². The number of hydrogen-bond donors (Lipinski definition) is 2. The van der Waals surface area contributed by atoms with Gasteiger partial charge in [-0.05, 0) is 37.5 Å². The number of carbonyl (C=O) groups is 1. The fourth-order valence-electron chi connectivity index (χ4n) is 3.18. The third kappa shape index (κ3) is 5.39. The lowest BCUT2D eigenvalue weighted by atomic mass is 10.1. The number of amides is 1. The Bertz CT molecular complexity index is 878. The average Bonchev–Trinajstić information content (AvgIpc) is 2.68. The molecule has 1 aliphatic rings. The molecule has 150 valence electrons. The smallest absolute Gasteiger partial charge is 0.255 e. The van der Waals surface area contributed by atoms with Crippen LogP contribution in [-0.2, 0) is 22.4 Å². The molecule has 1 fully saturated rings. The first-order chi connectivity index (χ1) is 13.5. The van der Waals surface area contributed by atoms with Gasteiger partial charge in [0.1, 0.15) is 5.82 Å². The molecule has 1 amide bonds. The van der Waals surface area contributed by atoms with Crippen LogP contribution < -0.4 is 15.8 Å². The van der Waals surface area contributed by atoms with Crippen molar-refractivity contribution in [2.45, 2.75) is 26.2 Å². The van der Waals surface area contributed by atoms with E-state index in [4.69, 9.17) is 4.74 Å². The number of nitrogens with one attached hydrogen (secondary N) is 2. The maximum atomic E-state index is 13.1. The normalized spacial score (nSPS) is 14.1. The lowest BCUT2D eigenvalue weighted by Crippen LogP contribution is -2.38. The Morgan fingerprint density at radius 2 is 2.11 bits per heavy atom. The van der Waals surface area contributed by atoms with Crippen molar-refractivity contribution < 1.29 is 13.9 Å². The highest BCUT2D eigenvalue weighted by molar-refractivity contribution is 5.76. The van der Waals surface area contributed by atoms with Crippen LogP contribution in [0, 0.1) is 12.7 Å². The monoisotopic (exact) mass is 388 g/mol. The Kier molecular flexibility index (Phi) is 6.76. The van der Waals surface area contributed by atoms with Crippen molar-refractivity contribution in [3.8, 4) is 0 Å². The molecule has 0 atom stereocenters. The Morgan fingerprint density at radius 3 is 2.82 bits per heavy atom. The summed E-state index contributed by atoms with van der Waals surface area (Å²) in [5, 5.41) is 2.81. The second-order valence-electron chi connectivity index (χ2n) is 6.78. The molecule has 2 heterocycles. The number of hydrogen-bond acceptors (Lipinski definition) is 5. The fraction of sp³-hybridized carbons (Fsp3) is 0.450. The fourth-order valence-corrected chi connectivity index (χ4v) is 3.18. The maximum absolute atomic E-state index is 13.1. The van der Waals surface area contributed by atoms with Gasteiger partial charge in [0.2, 0.25) is 11.9 Å². The van der Waals surface area contributed by atoms with Crippen molar-refractivity contribution in [3.05, 3.63) is 57.3 Å². The molecule has 1 aromatic carbocycles. The summed E-state index contributed by atoms with van der Waals surface area (Å²) in [6.45, 7) is 4.81. The van der Waals surface area contributed by atoms with Gasteiger partial charge in [-0.25, -0.2) is 9.37 Å². The van der Waals surface area contributed by atoms with Gasteiger partial charge in [-0.15, -0.1) is 0 Å². The predicted octanol–water partition coefficient (Wildman–Crippen LogP) is 1.35. The van der Waals surface area contributed by atoms with E-state index < -0.39 is 0 Å². The molecule has 3 rings (SSSR count). The van der Waals surface area contributed by atoms with Crippen LogP contribution in [0.3, 0.4) is 0 Å². The van der Waals surface area contributed by atoms with Crippen molar-refractivity contribution in [2.24, 2.45) is 0 Å². The van der Waals surface area contributed by atoms with Crippen LogP contribution in [0.1, 0.15) is 23.2 Å². The highest BCUT2D eigenvalue weighted by Crippen LogP contribution is 2.11. The molecule has 7 nitrogen and oxygen atoms in total. The largest absolute Gasteiger partial charge is 0.378 e. The van der Waals surface area contributed by atoms with E-state index >= 15 is 0 Å². The topological polar surface area (TPSA) is 87.3 Å². The van der Waals surface area contributed by atoms with E-state index in [1.54, 1.807) is 13.0 Å². The lowest BCUT2D eigenvalue weighted by molar-refractivity contribution is -0.121. The van der Waals surface area contributed by atoms with Gasteiger partial charge in [0.15, 0.2) is 0 Å². The first-order valence-electron chi connectivity index (χ1n) is 9.46. The molecule has 1 aliphatic heterocycles. The summed E-state index contributed by atoms with van der Waals surface area (Å²) in [5.74, 6) is 0.119. The number of rotatable bonds is 7. The van der Waals surface area contributed by atoms with Crippen molar-refractivity contribution >= 4 is 11.9 Å². The summed E-state index contributed by atoms with van der Waals surface area (Å²) in [6.07, 6.45) is 1.08. The molecule has 0 aliphatic carbocycles. The zero-order valence-electron chi connectivity index (χ0n) is 16.0. The maximum Gasteiger partial charge on any atom is 0.255 e. The molecule has 2 aromatic rings. The summed E-state index contributed by atoms with van der Waals surface area (Å²) in [5.41, 5.74) is 1.78. The predicted molar refractivity (Wildman–Crippen MR) is 104 cm³/mol. The first kappa shape index (κ1) is 20.0. The molecule has 0 spiro atoms. The summed E-state index contributed by atoms with van der Waals surface area (Å²) in [4.78, 5) is 33.8. The number of benzene rings is 1. The molecular formula is C20H25FN4O3. The van der Waals surface area contributed by atoms with Gasteiger partial charge >= 0.3 is 0 Å². The third-order valence-corrected chi connectivity index (χ3v) is 4.75. The summed E-state index contributed by atoms with van der Waals surface area (Å²) in [7, 11) is 0. The van der Waals surface area contributed by atoms with Crippen LogP contribution in [0.25, 0.3) is 0 Å². The molecule has 2 N–H and O–H groups in total. The molecule has 0 bridgehead atoms. The van der Waals surface area contributed by atoms with Gasteiger partial charge in [-0.1, -0.05) is 12.1 Å². The number of carbonyl (C=O) groups excluding carboxylic acids is 1. The minimum absolute atomic E-state index is 0.146. The van der Waals surface area contributed by atoms with E-state index in [1.807, 2.05) is 11.0 Å². The standard InChI is InChI=1S/C20H25FN4O3/c1-14-17(19(27)24-20(23-14)25-9-11-28-12-10-25)5-6-18(26)22-8-7-15-3-2-4-16(21)13-15/h2-4,13H,5-12H2,1H3,(H,22,26)(H,23,24,27). The molecule has 8 heteroatoms. The van der Waals surface area contributed by atoms with Crippen LogP contribution in [0.5, 0.6) is 0 Å². The van der Waals surface area contributed by atoms with Crippen molar-refractivity contribution in [1.82, 2.24) is 15.3 Å². The second-order valence-corrected chi connectivity index (χ2v) is 6.78. The highest BCUT2D eigenvalue weighted by atomic mass is 19.1. The zero-order chi connectivity index (χ0) is 19.9. The molecule has 1 saturated heterocycles. The van der Waals surface area contributed by atoms with E-state index in [1.165, 1.54) is 12.1 Å². The molecule has 1 aromatic heterocycles. The highest BCUT2D eigenvalue weighted by Gasteiger charge is 2.16. The van der Waals surface area contributed by atoms with E-state index in [-0.39, 0.29) is 23.7 Å². The van der Waals surface area contributed by atoms with Crippen LogP contribution in [0.4, 0.5) is 10.3 Å². The summed E-state index contributed by atoms with van der Waals surface area (Å²) in [6, 6.07) is 6.31. The van der Waals surface area contributed by atoms with Gasteiger partial charge in [0, 0.05) is 37.3 Å². The Balaban J connectivity index is 1.50. The SMILES string of the molecule is Cc1nc(N2CCOCC2)[nH]c(=O)c1CCC(=O)NCCc1cccc(F)c1. The van der Waals surface area contributed by atoms with Crippen LogP contribution in [0.2, 0.25) is 0 Å². The Morgan fingerprint density at radius 1 is 1.32 bits per heavy atom. The van der Waals surface area contributed by atoms with Crippen molar-refractivity contribution in [3.63, 3.8) is 0 Å². The van der Waals surface area contributed by atoms with E-state index in [9.17, 15) is 14.0 Å². The number of aromatic nitrogens is 2. The van der Waals surface area contributed by atoms with Crippen molar-refractivity contribution in [1.29, 1.82) is 0 Å². The van der Waals surface area contributed by atoms with E-state index in [2.05, 4.69) is 15.3 Å². The summed E-state index contributed by atoms with van der Waals surface area (Å²) >= 11 is 0. The van der Waals surface area contributed by atoms with E-state index in [0.29, 0.717) is 62.9 Å². The van der Waals surface area contributed by atoms with Crippen LogP contribution in [0.15, 0.2) is 29.1 Å². The second kappa shape index (κ2) is 9.45. The quantitative estimate of drug-likeness (QED) is 0.748. The number of ether oxygens (including phenoxy) is 1. The van der Waals surface area contributed by atoms with Gasteiger partial charge in [-0.2, -0.15) is 0 Å². The van der Waals surface area contributed by atoms with Gasteiger partial charge in [0.05, 0.1) is 13.2 Å². The van der Waals surface area contributed by atoms with Crippen molar-refractivity contribution in [2.75, 3.05) is 37.7 Å². The molecule has 0 radical (unpaired) electrons. The van der Waals surface area contributed by atoms with Crippen LogP contribution in [-0.4, -0.2) is 48.7 Å². The minimum atomic E-state index is -0.286. The first-order valence-corrected chi connectivity index (χ1v) is 9.46. The minimum Gasteiger partial charge on any atom is -0.378 e. The van der Waals surface area contributed by atoms with Gasteiger partial charge in [-0.3, -0.25) is 14.6 Å². The number of morpholine rings is 1. The molecule has 0 unspecified atom stereocenters. The van der Waals surface area contributed by atoms with E-state index in [0.717, 1.165) is 5.56 Å². The molecule has 0 saturated carbocycles. The summed E-state index contributed by atoms with van der Waals surface area (Å²) < 4.78 is 18.5. The molecule has 28 heavy (non-hydrogen) atoms. The number of nitrogens with zero attached hydrogens (tertiary/aromatic N) is 2. The third-order valence-electron chi connectivity index (χ3n) is 4.75. The number of aryl methyl sites for hydroxylation is 1. The van der Waals surface area contributed by atoms with Gasteiger partial charge < -0.3 is 15.0 Å². The number of aromatic amines is 1. The number of anilines is 1.